The quantitative estimate of drug-likeness (QED) is 0.687. The van der Waals surface area contributed by atoms with Gasteiger partial charge in [0.25, 0.3) is 0 Å². The van der Waals surface area contributed by atoms with Gasteiger partial charge >= 0.3 is 0 Å². The van der Waals surface area contributed by atoms with Crippen LogP contribution in [0.3, 0.4) is 0 Å². The van der Waals surface area contributed by atoms with Crippen molar-refractivity contribution in [2.45, 2.75) is 34.1 Å². The van der Waals surface area contributed by atoms with Crippen molar-refractivity contribution in [2.75, 3.05) is 5.73 Å². The second-order valence-electron chi connectivity index (χ2n) is 3.43. The molecule has 0 unspecified atom stereocenters. The van der Waals surface area contributed by atoms with Crippen molar-refractivity contribution in [2.24, 2.45) is 0 Å². The number of anilines is 1. The molecule has 0 bridgehead atoms. The van der Waals surface area contributed by atoms with Crippen LogP contribution in [0.5, 0.6) is 0 Å². The van der Waals surface area contributed by atoms with Gasteiger partial charge in [-0.3, -0.25) is 0 Å². The molecule has 0 aliphatic rings. The average Bonchev–Trinajstić information content (AvgIpc) is 2.13. The van der Waals surface area contributed by atoms with Crippen LogP contribution in [-0.2, 0) is 6.42 Å². The van der Waals surface area contributed by atoms with Crippen LogP contribution in [0.15, 0.2) is 0 Å². The highest BCUT2D eigenvalue weighted by molar-refractivity contribution is 6.32. The van der Waals surface area contributed by atoms with E-state index < -0.39 is 0 Å². The summed E-state index contributed by atoms with van der Waals surface area (Å²) in [5.74, 6) is 0. The molecule has 0 saturated carbocycles. The highest BCUT2D eigenvalue weighted by Gasteiger charge is 2.12. The molecule has 0 atom stereocenters. The van der Waals surface area contributed by atoms with Gasteiger partial charge in [-0.2, -0.15) is 0 Å². The minimum absolute atomic E-state index is 0.864. The molecule has 0 aliphatic carbocycles. The van der Waals surface area contributed by atoms with E-state index in [1.165, 1.54) is 5.56 Å². The zero-order valence-electron chi connectivity index (χ0n) is 8.66. The third-order valence-corrected chi connectivity index (χ3v) is 3.32. The Kier molecular flexibility index (Phi) is 2.87. The van der Waals surface area contributed by atoms with Crippen molar-refractivity contribution in [1.82, 2.24) is 0 Å². The molecular formula is C11H16ClN. The normalized spacial score (nSPS) is 10.5. The average molecular weight is 198 g/mol. The predicted molar refractivity (Wildman–Crippen MR) is 59.5 cm³/mol. The molecule has 2 N–H and O–H groups in total. The summed E-state index contributed by atoms with van der Waals surface area (Å²) in [4.78, 5) is 0. The molecule has 1 aromatic carbocycles. The number of benzene rings is 1. The Hall–Kier alpha value is -0.690. The summed E-state index contributed by atoms with van der Waals surface area (Å²) in [5, 5.41) is 0.864. The molecule has 0 radical (unpaired) electrons. The second-order valence-corrected chi connectivity index (χ2v) is 3.81. The Morgan fingerprint density at radius 3 is 2.08 bits per heavy atom. The van der Waals surface area contributed by atoms with E-state index in [9.17, 15) is 0 Å². The summed E-state index contributed by atoms with van der Waals surface area (Å²) in [6.45, 7) is 8.17. The van der Waals surface area contributed by atoms with E-state index in [2.05, 4.69) is 6.92 Å². The third kappa shape index (κ3) is 1.53. The maximum absolute atomic E-state index is 6.18. The predicted octanol–water partition coefficient (Wildman–Crippen LogP) is 3.41. The molecule has 0 aliphatic heterocycles. The maximum atomic E-state index is 6.18. The van der Waals surface area contributed by atoms with Crippen molar-refractivity contribution < 1.29 is 0 Å². The highest BCUT2D eigenvalue weighted by atomic mass is 35.5. The van der Waals surface area contributed by atoms with Gasteiger partial charge in [-0.25, -0.2) is 0 Å². The molecule has 0 fully saturated rings. The maximum Gasteiger partial charge on any atom is 0.0471 e. The lowest BCUT2D eigenvalue weighted by atomic mass is 9.96. The van der Waals surface area contributed by atoms with Gasteiger partial charge in [0.05, 0.1) is 0 Å². The fraction of sp³-hybridized carbons (Fsp3) is 0.455. The highest BCUT2D eigenvalue weighted by Crippen LogP contribution is 2.32. The summed E-state index contributed by atoms with van der Waals surface area (Å²) >= 11 is 6.18. The van der Waals surface area contributed by atoms with Gasteiger partial charge in [-0.1, -0.05) is 18.5 Å². The standard InChI is InChI=1S/C11H16ClN/c1-5-9-8(4)10(12)6(2)7(3)11(9)13/h5,13H2,1-4H3. The first-order valence-electron chi connectivity index (χ1n) is 4.54. The van der Waals surface area contributed by atoms with Gasteiger partial charge in [-0.05, 0) is 49.4 Å². The Balaban J connectivity index is 3.56. The molecule has 1 nitrogen and oxygen atoms in total. The minimum Gasteiger partial charge on any atom is -0.398 e. The van der Waals surface area contributed by atoms with Crippen LogP contribution < -0.4 is 5.73 Å². The van der Waals surface area contributed by atoms with E-state index in [0.717, 1.165) is 33.8 Å². The van der Waals surface area contributed by atoms with Crippen LogP contribution in [0, 0.1) is 20.8 Å². The fourth-order valence-corrected chi connectivity index (χ4v) is 1.92. The molecule has 1 rings (SSSR count). The number of hydrogen-bond donors (Lipinski definition) is 1. The minimum atomic E-state index is 0.864. The van der Waals surface area contributed by atoms with Crippen molar-refractivity contribution in [3.8, 4) is 0 Å². The number of hydrogen-bond acceptors (Lipinski definition) is 1. The van der Waals surface area contributed by atoms with E-state index in [-0.39, 0.29) is 0 Å². The van der Waals surface area contributed by atoms with E-state index in [0.29, 0.717) is 0 Å². The second kappa shape index (κ2) is 3.59. The number of nitrogen functional groups attached to an aromatic ring is 1. The summed E-state index contributed by atoms with van der Waals surface area (Å²) < 4.78 is 0. The SMILES string of the molecule is CCc1c(C)c(Cl)c(C)c(C)c1N. The first-order valence-corrected chi connectivity index (χ1v) is 4.92. The van der Waals surface area contributed by atoms with Crippen molar-refractivity contribution in [3.05, 3.63) is 27.3 Å². The molecule has 72 valence electrons. The van der Waals surface area contributed by atoms with Gasteiger partial charge in [-0.15, -0.1) is 0 Å². The van der Waals surface area contributed by atoms with Crippen molar-refractivity contribution in [3.63, 3.8) is 0 Å². The molecule has 0 heterocycles. The molecule has 0 spiro atoms. The van der Waals surface area contributed by atoms with Gasteiger partial charge < -0.3 is 5.73 Å². The largest absolute Gasteiger partial charge is 0.398 e. The molecule has 0 amide bonds. The molecular weight excluding hydrogens is 182 g/mol. The summed E-state index contributed by atoms with van der Waals surface area (Å²) in [7, 11) is 0. The number of nitrogens with two attached hydrogens (primary N) is 1. The Bertz CT molecular complexity index is 313. The fourth-order valence-electron chi connectivity index (χ4n) is 1.66. The van der Waals surface area contributed by atoms with Gasteiger partial charge in [0, 0.05) is 10.7 Å². The van der Waals surface area contributed by atoms with Crippen molar-refractivity contribution in [1.29, 1.82) is 0 Å². The topological polar surface area (TPSA) is 26.0 Å². The summed E-state index contributed by atoms with van der Waals surface area (Å²) in [5.41, 5.74) is 11.5. The van der Waals surface area contributed by atoms with E-state index >= 15 is 0 Å². The molecule has 1 aromatic rings. The molecule has 2 heteroatoms. The zero-order valence-corrected chi connectivity index (χ0v) is 9.42. The van der Waals surface area contributed by atoms with Gasteiger partial charge in [0.1, 0.15) is 0 Å². The smallest absolute Gasteiger partial charge is 0.0471 e. The van der Waals surface area contributed by atoms with E-state index in [4.69, 9.17) is 17.3 Å². The summed E-state index contributed by atoms with van der Waals surface area (Å²) in [6.07, 6.45) is 0.943. The summed E-state index contributed by atoms with van der Waals surface area (Å²) in [6, 6.07) is 0. The Morgan fingerprint density at radius 1 is 1.08 bits per heavy atom. The Labute approximate surface area is 84.9 Å². The Morgan fingerprint density at radius 2 is 1.62 bits per heavy atom. The van der Waals surface area contributed by atoms with E-state index in [1.54, 1.807) is 0 Å². The number of rotatable bonds is 1. The molecule has 0 saturated heterocycles. The lowest BCUT2D eigenvalue weighted by molar-refractivity contribution is 1.10. The van der Waals surface area contributed by atoms with Gasteiger partial charge in [0.2, 0.25) is 0 Å². The first-order chi connectivity index (χ1) is 6.00. The lowest BCUT2D eigenvalue weighted by Gasteiger charge is -2.15. The van der Waals surface area contributed by atoms with Crippen LogP contribution >= 0.6 is 11.6 Å². The van der Waals surface area contributed by atoms with Crippen LogP contribution in [0.2, 0.25) is 5.02 Å². The van der Waals surface area contributed by atoms with Crippen molar-refractivity contribution >= 4 is 17.3 Å². The van der Waals surface area contributed by atoms with E-state index in [1.807, 2.05) is 20.8 Å². The van der Waals surface area contributed by atoms with Crippen LogP contribution in [0.25, 0.3) is 0 Å². The van der Waals surface area contributed by atoms with Gasteiger partial charge in [0.15, 0.2) is 0 Å². The number of halogens is 1. The lowest BCUT2D eigenvalue weighted by Crippen LogP contribution is -2.02. The molecule has 0 aromatic heterocycles. The zero-order chi connectivity index (χ0) is 10.2. The van der Waals surface area contributed by atoms with Crippen LogP contribution in [0.4, 0.5) is 5.69 Å². The first kappa shape index (κ1) is 10.4. The third-order valence-electron chi connectivity index (χ3n) is 2.76. The monoisotopic (exact) mass is 197 g/mol. The van der Waals surface area contributed by atoms with Crippen LogP contribution in [-0.4, -0.2) is 0 Å². The molecule has 13 heavy (non-hydrogen) atoms. The van der Waals surface area contributed by atoms with Crippen LogP contribution in [0.1, 0.15) is 29.2 Å².